The van der Waals surface area contributed by atoms with Gasteiger partial charge in [0.1, 0.15) is 0 Å². The van der Waals surface area contributed by atoms with Gasteiger partial charge in [0, 0.05) is 23.8 Å². The highest BCUT2D eigenvalue weighted by Gasteiger charge is 2.23. The predicted octanol–water partition coefficient (Wildman–Crippen LogP) is 3.39. The van der Waals surface area contributed by atoms with Crippen LogP contribution in [0.1, 0.15) is 31.2 Å². The van der Waals surface area contributed by atoms with Crippen molar-refractivity contribution in [3.63, 3.8) is 0 Å². The van der Waals surface area contributed by atoms with Gasteiger partial charge in [-0.1, -0.05) is 17.7 Å². The van der Waals surface area contributed by atoms with Crippen molar-refractivity contribution >= 4 is 17.3 Å². The van der Waals surface area contributed by atoms with E-state index in [2.05, 4.69) is 24.9 Å². The summed E-state index contributed by atoms with van der Waals surface area (Å²) >= 11 is 6.06. The van der Waals surface area contributed by atoms with Crippen molar-refractivity contribution in [1.82, 2.24) is 0 Å². The van der Waals surface area contributed by atoms with Crippen molar-refractivity contribution in [2.45, 2.75) is 44.8 Å². The molecule has 0 atom stereocenters. The normalized spacial score (nSPS) is 24.7. The third-order valence-electron chi connectivity index (χ3n) is 3.77. The number of hydrogen-bond donors (Lipinski definition) is 1. The molecule has 0 aliphatic heterocycles. The van der Waals surface area contributed by atoms with Crippen LogP contribution in [0.2, 0.25) is 5.02 Å². The van der Waals surface area contributed by atoms with E-state index in [1.165, 1.54) is 11.3 Å². The maximum absolute atomic E-state index is 9.54. The Kier molecular flexibility index (Phi) is 3.95. The van der Waals surface area contributed by atoms with Crippen molar-refractivity contribution < 1.29 is 5.11 Å². The van der Waals surface area contributed by atoms with Gasteiger partial charge in [-0.3, -0.25) is 0 Å². The first-order valence-corrected chi connectivity index (χ1v) is 6.63. The number of rotatable bonds is 2. The third kappa shape index (κ3) is 2.93. The van der Waals surface area contributed by atoms with Gasteiger partial charge in [-0.05, 0) is 50.3 Å². The number of aryl methyl sites for hydroxylation is 1. The first kappa shape index (κ1) is 12.7. The van der Waals surface area contributed by atoms with E-state index >= 15 is 0 Å². The smallest absolute Gasteiger partial charge is 0.0541 e. The lowest BCUT2D eigenvalue weighted by Crippen LogP contribution is -2.36. The lowest BCUT2D eigenvalue weighted by atomic mass is 9.91. The maximum Gasteiger partial charge on any atom is 0.0541 e. The van der Waals surface area contributed by atoms with Crippen LogP contribution in [0.5, 0.6) is 0 Å². The Morgan fingerprint density at radius 1 is 1.24 bits per heavy atom. The first-order valence-electron chi connectivity index (χ1n) is 6.25. The zero-order valence-electron chi connectivity index (χ0n) is 10.5. The summed E-state index contributed by atoms with van der Waals surface area (Å²) in [6, 6.07) is 6.54. The van der Waals surface area contributed by atoms with Crippen LogP contribution >= 0.6 is 11.6 Å². The Bertz CT molecular complexity index is 386. The zero-order valence-corrected chi connectivity index (χ0v) is 11.2. The van der Waals surface area contributed by atoms with E-state index in [0.29, 0.717) is 6.04 Å². The molecule has 2 rings (SSSR count). The van der Waals surface area contributed by atoms with Crippen LogP contribution in [0.3, 0.4) is 0 Å². The van der Waals surface area contributed by atoms with Crippen LogP contribution in [0.15, 0.2) is 18.2 Å². The Hall–Kier alpha value is -0.730. The average Bonchev–Trinajstić information content (AvgIpc) is 2.32. The Labute approximate surface area is 108 Å². The predicted molar refractivity (Wildman–Crippen MR) is 72.9 cm³/mol. The second-order valence-electron chi connectivity index (χ2n) is 5.00. The summed E-state index contributed by atoms with van der Waals surface area (Å²) in [7, 11) is 2.13. The summed E-state index contributed by atoms with van der Waals surface area (Å²) in [5.74, 6) is 0. The number of anilines is 1. The minimum Gasteiger partial charge on any atom is -0.393 e. The molecule has 0 radical (unpaired) electrons. The molecule has 1 saturated carbocycles. The minimum atomic E-state index is -0.0971. The second kappa shape index (κ2) is 5.28. The summed E-state index contributed by atoms with van der Waals surface area (Å²) in [6.45, 7) is 2.11. The number of benzene rings is 1. The van der Waals surface area contributed by atoms with Crippen molar-refractivity contribution in [3.8, 4) is 0 Å². The molecule has 94 valence electrons. The lowest BCUT2D eigenvalue weighted by Gasteiger charge is -2.35. The molecule has 1 N–H and O–H groups in total. The van der Waals surface area contributed by atoms with Gasteiger partial charge < -0.3 is 10.0 Å². The van der Waals surface area contributed by atoms with Gasteiger partial charge in [0.05, 0.1) is 6.10 Å². The number of hydrogen-bond acceptors (Lipinski definition) is 2. The Morgan fingerprint density at radius 3 is 2.53 bits per heavy atom. The molecule has 0 unspecified atom stereocenters. The average molecular weight is 254 g/mol. The quantitative estimate of drug-likeness (QED) is 0.873. The number of halogens is 1. The first-order chi connectivity index (χ1) is 8.08. The largest absolute Gasteiger partial charge is 0.393 e. The van der Waals surface area contributed by atoms with Crippen LogP contribution in [0.25, 0.3) is 0 Å². The van der Waals surface area contributed by atoms with Crippen molar-refractivity contribution in [2.24, 2.45) is 0 Å². The second-order valence-corrected chi connectivity index (χ2v) is 5.44. The van der Waals surface area contributed by atoms with E-state index in [0.717, 1.165) is 30.7 Å². The molecule has 1 aromatic carbocycles. The molecule has 0 heterocycles. The van der Waals surface area contributed by atoms with Gasteiger partial charge in [-0.2, -0.15) is 0 Å². The van der Waals surface area contributed by atoms with Gasteiger partial charge in [0.25, 0.3) is 0 Å². The molecule has 0 saturated heterocycles. The molecule has 1 aliphatic rings. The Balaban J connectivity index is 2.13. The summed E-state index contributed by atoms with van der Waals surface area (Å²) in [5.41, 5.74) is 2.46. The van der Waals surface area contributed by atoms with Crippen molar-refractivity contribution in [3.05, 3.63) is 28.8 Å². The third-order valence-corrected chi connectivity index (χ3v) is 4.00. The van der Waals surface area contributed by atoms with Gasteiger partial charge in [0.2, 0.25) is 0 Å². The molecule has 0 amide bonds. The van der Waals surface area contributed by atoms with Crippen LogP contribution in [-0.4, -0.2) is 24.3 Å². The van der Waals surface area contributed by atoms with Crippen LogP contribution in [-0.2, 0) is 0 Å². The van der Waals surface area contributed by atoms with Gasteiger partial charge in [-0.25, -0.2) is 0 Å². The lowest BCUT2D eigenvalue weighted by molar-refractivity contribution is 0.122. The fraction of sp³-hybridized carbons (Fsp3) is 0.571. The molecule has 1 fully saturated rings. The summed E-state index contributed by atoms with van der Waals surface area (Å²) in [6.07, 6.45) is 3.84. The fourth-order valence-electron chi connectivity index (χ4n) is 2.60. The van der Waals surface area contributed by atoms with Crippen molar-refractivity contribution in [2.75, 3.05) is 11.9 Å². The Morgan fingerprint density at radius 2 is 1.88 bits per heavy atom. The van der Waals surface area contributed by atoms with Gasteiger partial charge >= 0.3 is 0 Å². The van der Waals surface area contributed by atoms with Crippen LogP contribution in [0.4, 0.5) is 5.69 Å². The molecule has 0 spiro atoms. The number of aliphatic hydroxyl groups excluding tert-OH is 1. The van der Waals surface area contributed by atoms with E-state index in [-0.39, 0.29) is 6.10 Å². The van der Waals surface area contributed by atoms with Crippen LogP contribution < -0.4 is 4.90 Å². The van der Waals surface area contributed by atoms with Crippen LogP contribution in [0, 0.1) is 6.92 Å². The highest BCUT2D eigenvalue weighted by molar-refractivity contribution is 6.30. The highest BCUT2D eigenvalue weighted by atomic mass is 35.5. The molecule has 0 bridgehead atoms. The molecular formula is C14H20ClNO. The summed E-state index contributed by atoms with van der Waals surface area (Å²) < 4.78 is 0. The van der Waals surface area contributed by atoms with Crippen molar-refractivity contribution in [1.29, 1.82) is 0 Å². The van der Waals surface area contributed by atoms with Gasteiger partial charge in [-0.15, -0.1) is 0 Å². The number of aliphatic hydroxyl groups is 1. The molecule has 17 heavy (non-hydrogen) atoms. The molecule has 1 aliphatic carbocycles. The zero-order chi connectivity index (χ0) is 12.4. The summed E-state index contributed by atoms with van der Waals surface area (Å²) in [4.78, 5) is 2.31. The summed E-state index contributed by atoms with van der Waals surface area (Å²) in [5, 5.41) is 10.3. The van der Waals surface area contributed by atoms with E-state index in [9.17, 15) is 5.11 Å². The molecule has 0 aromatic heterocycles. The maximum atomic E-state index is 9.54. The van der Waals surface area contributed by atoms with Gasteiger partial charge in [0.15, 0.2) is 0 Å². The SMILES string of the molecule is Cc1ccc(Cl)cc1N(C)C1CCC(O)CC1. The molecular weight excluding hydrogens is 234 g/mol. The fourth-order valence-corrected chi connectivity index (χ4v) is 2.77. The molecule has 3 heteroatoms. The molecule has 2 nitrogen and oxygen atoms in total. The monoisotopic (exact) mass is 253 g/mol. The highest BCUT2D eigenvalue weighted by Crippen LogP contribution is 2.30. The number of nitrogens with zero attached hydrogens (tertiary/aromatic N) is 1. The minimum absolute atomic E-state index is 0.0971. The van der Waals surface area contributed by atoms with E-state index in [4.69, 9.17) is 11.6 Å². The van der Waals surface area contributed by atoms with E-state index in [1.807, 2.05) is 12.1 Å². The topological polar surface area (TPSA) is 23.5 Å². The molecule has 1 aromatic rings. The van der Waals surface area contributed by atoms with E-state index in [1.54, 1.807) is 0 Å². The standard InChI is InChI=1S/C14H20ClNO/c1-10-3-4-11(15)9-14(10)16(2)12-5-7-13(17)8-6-12/h3-4,9,12-13,17H,5-8H2,1-2H3. The van der Waals surface area contributed by atoms with E-state index < -0.39 is 0 Å².